The van der Waals surface area contributed by atoms with E-state index in [0.29, 0.717) is 12.5 Å². The Kier molecular flexibility index (Phi) is 9.44. The Morgan fingerprint density at radius 3 is 2.20 bits per heavy atom. The number of hydrogen-bond acceptors (Lipinski definition) is 1. The normalized spacial score (nSPS) is 31.5. The van der Waals surface area contributed by atoms with E-state index in [9.17, 15) is 8.78 Å². The summed E-state index contributed by atoms with van der Waals surface area (Å²) >= 11 is 0. The molecule has 2 rings (SSSR count). The van der Waals surface area contributed by atoms with Crippen molar-refractivity contribution >= 4 is 0 Å². The van der Waals surface area contributed by atoms with Gasteiger partial charge in [0.1, 0.15) is 0 Å². The van der Waals surface area contributed by atoms with Gasteiger partial charge in [0.25, 0.3) is 6.08 Å². The Bertz CT molecular complexity index is 375. The Labute approximate surface area is 153 Å². The highest BCUT2D eigenvalue weighted by Crippen LogP contribution is 2.37. The van der Waals surface area contributed by atoms with Gasteiger partial charge in [0.15, 0.2) is 0 Å². The highest BCUT2D eigenvalue weighted by molar-refractivity contribution is 4.91. The standard InChI is InChI=1S/C22H38F2O/c1-3-6-17(2)20-12-9-18(10-13-20)7-4-5-8-19-11-14-21(25-16-19)15-22(23)24/h15,17-21H,3-14,16H2,1-2H3. The van der Waals surface area contributed by atoms with Crippen molar-refractivity contribution < 1.29 is 13.5 Å². The van der Waals surface area contributed by atoms with Crippen LogP contribution in [0.4, 0.5) is 8.78 Å². The molecule has 0 aromatic rings. The van der Waals surface area contributed by atoms with Crippen molar-refractivity contribution in [2.24, 2.45) is 23.7 Å². The van der Waals surface area contributed by atoms with E-state index in [1.807, 2.05) is 0 Å². The molecular formula is C22H38F2O. The van der Waals surface area contributed by atoms with Gasteiger partial charge in [-0.15, -0.1) is 0 Å². The zero-order chi connectivity index (χ0) is 18.1. The van der Waals surface area contributed by atoms with Gasteiger partial charge in [-0.05, 0) is 55.8 Å². The molecule has 0 radical (unpaired) electrons. The maximum absolute atomic E-state index is 12.2. The third-order valence-electron chi connectivity index (χ3n) is 6.63. The fourth-order valence-corrected chi connectivity index (χ4v) is 4.93. The second-order valence-electron chi connectivity index (χ2n) is 8.60. The summed E-state index contributed by atoms with van der Waals surface area (Å²) in [4.78, 5) is 0. The molecule has 0 aromatic heterocycles. The summed E-state index contributed by atoms with van der Waals surface area (Å²) in [7, 11) is 0. The molecule has 1 heterocycles. The van der Waals surface area contributed by atoms with Crippen LogP contribution >= 0.6 is 0 Å². The summed E-state index contributed by atoms with van der Waals surface area (Å²) in [5, 5.41) is 0. The van der Waals surface area contributed by atoms with Gasteiger partial charge >= 0.3 is 0 Å². The molecule has 0 N–H and O–H groups in total. The second-order valence-corrected chi connectivity index (χ2v) is 8.60. The summed E-state index contributed by atoms with van der Waals surface area (Å²) in [5.41, 5.74) is 0. The van der Waals surface area contributed by atoms with E-state index in [4.69, 9.17) is 4.74 Å². The van der Waals surface area contributed by atoms with Crippen molar-refractivity contribution in [3.8, 4) is 0 Å². The fraction of sp³-hybridized carbons (Fsp3) is 0.909. The van der Waals surface area contributed by atoms with Gasteiger partial charge in [-0.2, -0.15) is 8.78 Å². The van der Waals surface area contributed by atoms with Crippen LogP contribution in [0.15, 0.2) is 12.2 Å². The van der Waals surface area contributed by atoms with E-state index < -0.39 is 6.08 Å². The van der Waals surface area contributed by atoms with E-state index in [1.165, 1.54) is 64.2 Å². The molecule has 146 valence electrons. The minimum atomic E-state index is -1.61. The molecule has 3 heteroatoms. The minimum absolute atomic E-state index is 0.355. The number of ether oxygens (including phenoxy) is 1. The van der Waals surface area contributed by atoms with Gasteiger partial charge in [-0.1, -0.05) is 58.8 Å². The van der Waals surface area contributed by atoms with Crippen molar-refractivity contribution in [3.63, 3.8) is 0 Å². The summed E-state index contributed by atoms with van der Waals surface area (Å²) in [6, 6.07) is 0. The summed E-state index contributed by atoms with van der Waals surface area (Å²) in [6.07, 6.45) is 14.5. The van der Waals surface area contributed by atoms with Crippen molar-refractivity contribution in [1.82, 2.24) is 0 Å². The van der Waals surface area contributed by atoms with Crippen molar-refractivity contribution in [2.45, 2.75) is 97.0 Å². The average molecular weight is 357 g/mol. The zero-order valence-corrected chi connectivity index (χ0v) is 16.3. The predicted octanol–water partition coefficient (Wildman–Crippen LogP) is 7.37. The zero-order valence-electron chi connectivity index (χ0n) is 16.3. The van der Waals surface area contributed by atoms with Crippen LogP contribution in [0.3, 0.4) is 0 Å². The van der Waals surface area contributed by atoms with Gasteiger partial charge in [-0.3, -0.25) is 0 Å². The Hall–Kier alpha value is -0.440. The molecule has 2 fully saturated rings. The first-order valence-electron chi connectivity index (χ1n) is 10.7. The van der Waals surface area contributed by atoms with E-state index in [-0.39, 0.29) is 6.10 Å². The Morgan fingerprint density at radius 1 is 1.00 bits per heavy atom. The molecule has 3 unspecified atom stereocenters. The Morgan fingerprint density at radius 2 is 1.64 bits per heavy atom. The van der Waals surface area contributed by atoms with Crippen molar-refractivity contribution in [1.29, 1.82) is 0 Å². The molecule has 3 atom stereocenters. The third kappa shape index (κ3) is 7.76. The van der Waals surface area contributed by atoms with Crippen LogP contribution in [-0.2, 0) is 4.74 Å². The lowest BCUT2D eigenvalue weighted by Crippen LogP contribution is -2.24. The van der Waals surface area contributed by atoms with E-state index >= 15 is 0 Å². The lowest BCUT2D eigenvalue weighted by atomic mass is 9.74. The van der Waals surface area contributed by atoms with Crippen LogP contribution in [0.25, 0.3) is 0 Å². The lowest BCUT2D eigenvalue weighted by Gasteiger charge is -2.32. The maximum atomic E-state index is 12.2. The third-order valence-corrected chi connectivity index (χ3v) is 6.63. The van der Waals surface area contributed by atoms with Crippen molar-refractivity contribution in [2.75, 3.05) is 6.61 Å². The molecule has 1 nitrogen and oxygen atoms in total. The van der Waals surface area contributed by atoms with Crippen LogP contribution in [-0.4, -0.2) is 12.7 Å². The van der Waals surface area contributed by atoms with Gasteiger partial charge in [-0.25, -0.2) is 0 Å². The minimum Gasteiger partial charge on any atom is -0.374 e. The monoisotopic (exact) mass is 356 g/mol. The number of rotatable bonds is 9. The number of unbranched alkanes of at least 4 members (excludes halogenated alkanes) is 1. The van der Waals surface area contributed by atoms with E-state index in [0.717, 1.165) is 36.7 Å². The van der Waals surface area contributed by atoms with Crippen LogP contribution in [0.1, 0.15) is 90.9 Å². The maximum Gasteiger partial charge on any atom is 0.268 e. The molecule has 2 aliphatic rings. The molecule has 25 heavy (non-hydrogen) atoms. The summed E-state index contributed by atoms with van der Waals surface area (Å²) < 4.78 is 30.0. The van der Waals surface area contributed by atoms with Crippen LogP contribution in [0.5, 0.6) is 0 Å². The Balaban J connectivity index is 1.51. The molecular weight excluding hydrogens is 318 g/mol. The largest absolute Gasteiger partial charge is 0.374 e. The highest BCUT2D eigenvalue weighted by Gasteiger charge is 2.25. The smallest absolute Gasteiger partial charge is 0.268 e. The molecule has 1 saturated heterocycles. The summed E-state index contributed by atoms with van der Waals surface area (Å²) in [6.45, 7) is 5.41. The molecule has 1 aliphatic heterocycles. The first-order valence-corrected chi connectivity index (χ1v) is 10.7. The topological polar surface area (TPSA) is 9.23 Å². The number of halogens is 2. The van der Waals surface area contributed by atoms with Gasteiger partial charge < -0.3 is 4.74 Å². The fourth-order valence-electron chi connectivity index (χ4n) is 4.93. The highest BCUT2D eigenvalue weighted by atomic mass is 19.3. The van der Waals surface area contributed by atoms with Crippen molar-refractivity contribution in [3.05, 3.63) is 12.2 Å². The predicted molar refractivity (Wildman–Crippen MR) is 101 cm³/mol. The van der Waals surface area contributed by atoms with Gasteiger partial charge in [0.05, 0.1) is 12.7 Å². The molecule has 1 saturated carbocycles. The van der Waals surface area contributed by atoms with Crippen LogP contribution < -0.4 is 0 Å². The van der Waals surface area contributed by atoms with E-state index in [1.54, 1.807) is 0 Å². The quantitative estimate of drug-likeness (QED) is 0.392. The molecule has 0 bridgehead atoms. The van der Waals surface area contributed by atoms with Gasteiger partial charge in [0.2, 0.25) is 0 Å². The molecule has 0 aromatic carbocycles. The lowest BCUT2D eigenvalue weighted by molar-refractivity contribution is 0.00586. The first kappa shape index (κ1) is 20.9. The molecule has 0 amide bonds. The average Bonchev–Trinajstić information content (AvgIpc) is 2.60. The first-order chi connectivity index (χ1) is 12.1. The number of hydrogen-bond donors (Lipinski definition) is 0. The SMILES string of the molecule is CCCC(C)C1CCC(CCCCC2CCC(C=C(F)F)OC2)CC1. The van der Waals surface area contributed by atoms with Crippen LogP contribution in [0.2, 0.25) is 0 Å². The van der Waals surface area contributed by atoms with E-state index in [2.05, 4.69) is 13.8 Å². The summed E-state index contributed by atoms with van der Waals surface area (Å²) in [5.74, 6) is 3.43. The molecule has 1 aliphatic carbocycles. The van der Waals surface area contributed by atoms with Crippen LogP contribution in [0, 0.1) is 23.7 Å². The second kappa shape index (κ2) is 11.3. The molecule has 0 spiro atoms. The van der Waals surface area contributed by atoms with Gasteiger partial charge in [0, 0.05) is 6.08 Å².